The maximum absolute atomic E-state index is 10.6. The van der Waals surface area contributed by atoms with Crippen molar-refractivity contribution in [1.82, 2.24) is 0 Å². The monoisotopic (exact) mass is 228 g/mol. The van der Waals surface area contributed by atoms with Crippen molar-refractivity contribution in [2.75, 3.05) is 6.61 Å². The van der Waals surface area contributed by atoms with Gasteiger partial charge in [-0.3, -0.25) is 4.79 Å². The molecule has 0 saturated carbocycles. The van der Waals surface area contributed by atoms with E-state index < -0.39 is 11.9 Å². The number of hydrogen-bond donors (Lipinski definition) is 2. The lowest BCUT2D eigenvalue weighted by Gasteiger charge is -2.08. The molecule has 5 heteroatoms. The summed E-state index contributed by atoms with van der Waals surface area (Å²) in [4.78, 5) is 10.6. The lowest BCUT2D eigenvalue weighted by molar-refractivity contribution is -0.120. The third-order valence-electron chi connectivity index (χ3n) is 1.82. The molecule has 0 bridgehead atoms. The quantitative estimate of drug-likeness (QED) is 0.778. The van der Waals surface area contributed by atoms with Crippen LogP contribution in [0.5, 0.6) is 0 Å². The van der Waals surface area contributed by atoms with Crippen LogP contribution in [0.25, 0.3) is 0 Å². The molecule has 0 heterocycles. The van der Waals surface area contributed by atoms with E-state index in [4.69, 9.17) is 27.8 Å². The summed E-state index contributed by atoms with van der Waals surface area (Å²) in [6.45, 7) is 0.476. The third-order valence-corrected chi connectivity index (χ3v) is 2.06. The number of nitrogens with two attached hydrogens (primary N) is 2. The number of carbonyl (C=O) groups is 1. The number of ether oxygens (including phenoxy) is 1. The summed E-state index contributed by atoms with van der Waals surface area (Å²) in [5, 5.41) is 0.648. The minimum atomic E-state index is -0.760. The Morgan fingerprint density at radius 2 is 2.27 bits per heavy atom. The number of halogens is 1. The van der Waals surface area contributed by atoms with E-state index in [9.17, 15) is 4.79 Å². The van der Waals surface area contributed by atoms with E-state index in [2.05, 4.69) is 0 Å². The molecule has 0 fully saturated rings. The van der Waals surface area contributed by atoms with Crippen molar-refractivity contribution in [1.29, 1.82) is 0 Å². The van der Waals surface area contributed by atoms with Gasteiger partial charge < -0.3 is 16.2 Å². The SMILES string of the molecule is NC(=O)C(N)COCc1cccc(Cl)c1. The molecule has 1 aromatic rings. The molecule has 0 aliphatic carbocycles. The molecule has 1 rings (SSSR count). The van der Waals surface area contributed by atoms with Crippen molar-refractivity contribution in [3.05, 3.63) is 34.9 Å². The number of hydrogen-bond acceptors (Lipinski definition) is 3. The van der Waals surface area contributed by atoms with Crippen LogP contribution in [0.15, 0.2) is 24.3 Å². The van der Waals surface area contributed by atoms with Crippen LogP contribution >= 0.6 is 11.6 Å². The van der Waals surface area contributed by atoms with Gasteiger partial charge in [0.2, 0.25) is 5.91 Å². The maximum atomic E-state index is 10.6. The molecule has 0 saturated heterocycles. The molecule has 0 spiro atoms. The first-order valence-electron chi connectivity index (χ1n) is 4.46. The number of benzene rings is 1. The van der Waals surface area contributed by atoms with Gasteiger partial charge in [-0.25, -0.2) is 0 Å². The Morgan fingerprint density at radius 1 is 1.53 bits per heavy atom. The van der Waals surface area contributed by atoms with Gasteiger partial charge in [-0.2, -0.15) is 0 Å². The zero-order valence-corrected chi connectivity index (χ0v) is 8.91. The smallest absolute Gasteiger partial charge is 0.236 e. The normalized spacial score (nSPS) is 12.4. The Bertz CT molecular complexity index is 344. The van der Waals surface area contributed by atoms with E-state index in [1.807, 2.05) is 12.1 Å². The predicted octanol–water partition coefficient (Wildman–Crippen LogP) is 0.669. The Labute approximate surface area is 93.1 Å². The molecule has 0 aliphatic rings. The molecular weight excluding hydrogens is 216 g/mol. The molecule has 0 radical (unpaired) electrons. The second kappa shape index (κ2) is 5.70. The number of amides is 1. The standard InChI is InChI=1S/C10H13ClN2O2/c11-8-3-1-2-7(4-8)5-15-6-9(12)10(13)14/h1-4,9H,5-6,12H2,(H2,13,14). The molecule has 0 aliphatic heterocycles. The number of rotatable bonds is 5. The first-order chi connectivity index (χ1) is 7.09. The first kappa shape index (κ1) is 12.0. The van der Waals surface area contributed by atoms with Crippen LogP contribution in [0.4, 0.5) is 0 Å². The summed E-state index contributed by atoms with van der Waals surface area (Å²) in [7, 11) is 0. The topological polar surface area (TPSA) is 78.3 Å². The summed E-state index contributed by atoms with van der Waals surface area (Å²) in [6.07, 6.45) is 0. The Balaban J connectivity index is 2.35. The van der Waals surface area contributed by atoms with Crippen molar-refractivity contribution in [2.24, 2.45) is 11.5 Å². The van der Waals surface area contributed by atoms with Crippen molar-refractivity contribution >= 4 is 17.5 Å². The van der Waals surface area contributed by atoms with E-state index in [0.29, 0.717) is 11.6 Å². The Morgan fingerprint density at radius 3 is 2.87 bits per heavy atom. The second-order valence-corrected chi connectivity index (χ2v) is 3.59. The molecule has 1 atom stereocenters. The summed E-state index contributed by atoms with van der Waals surface area (Å²) >= 11 is 5.78. The van der Waals surface area contributed by atoms with Gasteiger partial charge in [0.1, 0.15) is 6.04 Å². The van der Waals surface area contributed by atoms with E-state index >= 15 is 0 Å². The molecule has 82 valence electrons. The van der Waals surface area contributed by atoms with Gasteiger partial charge in [0.25, 0.3) is 0 Å². The molecule has 0 aromatic heterocycles. The van der Waals surface area contributed by atoms with Crippen molar-refractivity contribution in [3.8, 4) is 0 Å². The van der Waals surface area contributed by atoms with Crippen molar-refractivity contribution in [3.63, 3.8) is 0 Å². The van der Waals surface area contributed by atoms with Crippen LogP contribution in [0.1, 0.15) is 5.56 Å². The van der Waals surface area contributed by atoms with Gasteiger partial charge in [0.15, 0.2) is 0 Å². The van der Waals surface area contributed by atoms with Crippen LogP contribution in [-0.4, -0.2) is 18.6 Å². The molecule has 1 unspecified atom stereocenters. The molecule has 15 heavy (non-hydrogen) atoms. The number of primary amides is 1. The van der Waals surface area contributed by atoms with Gasteiger partial charge in [-0.15, -0.1) is 0 Å². The van der Waals surface area contributed by atoms with E-state index in [1.54, 1.807) is 12.1 Å². The Hall–Kier alpha value is -1.10. The summed E-state index contributed by atoms with van der Waals surface area (Å²) in [5.74, 6) is -0.568. The van der Waals surface area contributed by atoms with Crippen LogP contribution < -0.4 is 11.5 Å². The fourth-order valence-corrected chi connectivity index (χ4v) is 1.23. The van der Waals surface area contributed by atoms with Crippen LogP contribution in [-0.2, 0) is 16.1 Å². The average molecular weight is 229 g/mol. The van der Waals surface area contributed by atoms with E-state index in [1.165, 1.54) is 0 Å². The second-order valence-electron chi connectivity index (χ2n) is 3.15. The first-order valence-corrected chi connectivity index (χ1v) is 4.84. The van der Waals surface area contributed by atoms with Gasteiger partial charge in [0.05, 0.1) is 13.2 Å². The van der Waals surface area contributed by atoms with Gasteiger partial charge in [-0.1, -0.05) is 23.7 Å². The minimum absolute atomic E-state index is 0.113. The highest BCUT2D eigenvalue weighted by Crippen LogP contribution is 2.11. The Kier molecular flexibility index (Phi) is 4.55. The van der Waals surface area contributed by atoms with E-state index in [0.717, 1.165) is 5.56 Å². The van der Waals surface area contributed by atoms with Crippen LogP contribution in [0.2, 0.25) is 5.02 Å². The molecule has 1 aromatic carbocycles. The highest BCUT2D eigenvalue weighted by molar-refractivity contribution is 6.30. The van der Waals surface area contributed by atoms with Crippen molar-refractivity contribution in [2.45, 2.75) is 12.6 Å². The van der Waals surface area contributed by atoms with Crippen LogP contribution in [0, 0.1) is 0 Å². The zero-order chi connectivity index (χ0) is 11.3. The lowest BCUT2D eigenvalue weighted by atomic mass is 10.2. The summed E-state index contributed by atoms with van der Waals surface area (Å²) in [5.41, 5.74) is 11.3. The van der Waals surface area contributed by atoms with Gasteiger partial charge >= 0.3 is 0 Å². The molecule has 4 N–H and O–H groups in total. The predicted molar refractivity (Wildman–Crippen MR) is 58.3 cm³/mol. The molecule has 1 amide bonds. The summed E-state index contributed by atoms with van der Waals surface area (Å²) < 4.78 is 5.21. The largest absolute Gasteiger partial charge is 0.375 e. The highest BCUT2D eigenvalue weighted by atomic mass is 35.5. The fourth-order valence-electron chi connectivity index (χ4n) is 1.01. The maximum Gasteiger partial charge on any atom is 0.236 e. The van der Waals surface area contributed by atoms with Gasteiger partial charge in [0, 0.05) is 5.02 Å². The summed E-state index contributed by atoms with van der Waals surface area (Å²) in [6, 6.07) is 6.51. The molecular formula is C10H13ClN2O2. The van der Waals surface area contributed by atoms with Gasteiger partial charge in [-0.05, 0) is 17.7 Å². The third kappa shape index (κ3) is 4.29. The van der Waals surface area contributed by atoms with E-state index in [-0.39, 0.29) is 6.61 Å². The fraction of sp³-hybridized carbons (Fsp3) is 0.300. The highest BCUT2D eigenvalue weighted by Gasteiger charge is 2.08. The molecule has 4 nitrogen and oxygen atoms in total. The van der Waals surface area contributed by atoms with Crippen molar-refractivity contribution < 1.29 is 9.53 Å². The zero-order valence-electron chi connectivity index (χ0n) is 8.15. The average Bonchev–Trinajstić information content (AvgIpc) is 2.17. The van der Waals surface area contributed by atoms with Crippen LogP contribution in [0.3, 0.4) is 0 Å². The minimum Gasteiger partial charge on any atom is -0.375 e. The number of carbonyl (C=O) groups excluding carboxylic acids is 1. The lowest BCUT2D eigenvalue weighted by Crippen LogP contribution is -2.40.